The highest BCUT2D eigenvalue weighted by molar-refractivity contribution is 5.59. The van der Waals surface area contributed by atoms with Crippen molar-refractivity contribution in [3.8, 4) is 0 Å². The smallest absolute Gasteiger partial charge is 0.0378 e. The Morgan fingerprint density at radius 2 is 2.25 bits per heavy atom. The second kappa shape index (κ2) is 5.06. The molecule has 86 valence electrons. The van der Waals surface area contributed by atoms with Gasteiger partial charge in [-0.05, 0) is 30.7 Å². The second-order valence-corrected chi connectivity index (χ2v) is 4.30. The van der Waals surface area contributed by atoms with Crippen molar-refractivity contribution in [3.05, 3.63) is 42.6 Å². The third kappa shape index (κ3) is 2.06. The zero-order valence-electron chi connectivity index (χ0n) is 9.87. The predicted molar refractivity (Wildman–Crippen MR) is 69.7 cm³/mol. The molecule has 1 heterocycles. The van der Waals surface area contributed by atoms with Gasteiger partial charge >= 0.3 is 0 Å². The van der Waals surface area contributed by atoms with E-state index < -0.39 is 0 Å². The Labute approximate surface area is 97.8 Å². The quantitative estimate of drug-likeness (QED) is 0.739. The van der Waals surface area contributed by atoms with Gasteiger partial charge in [-0.15, -0.1) is 0 Å². The molecule has 16 heavy (non-hydrogen) atoms. The summed E-state index contributed by atoms with van der Waals surface area (Å²) >= 11 is 0. The van der Waals surface area contributed by atoms with E-state index in [0.717, 1.165) is 13.0 Å². The molecule has 2 nitrogen and oxygen atoms in total. The van der Waals surface area contributed by atoms with E-state index in [-0.39, 0.29) is 0 Å². The van der Waals surface area contributed by atoms with Gasteiger partial charge in [0.15, 0.2) is 0 Å². The van der Waals surface area contributed by atoms with E-state index >= 15 is 0 Å². The highest BCUT2D eigenvalue weighted by Crippen LogP contribution is 2.38. The van der Waals surface area contributed by atoms with Gasteiger partial charge in [-0.2, -0.15) is 0 Å². The highest BCUT2D eigenvalue weighted by atomic mass is 15.0. The molecule has 2 unspecified atom stereocenters. The molecule has 0 aliphatic carbocycles. The lowest BCUT2D eigenvalue weighted by molar-refractivity contribution is 0.532. The lowest BCUT2D eigenvalue weighted by atomic mass is 9.90. The number of hydrogen-bond acceptors (Lipinski definition) is 2. The molecule has 1 aliphatic rings. The fourth-order valence-corrected chi connectivity index (χ4v) is 2.55. The van der Waals surface area contributed by atoms with Gasteiger partial charge in [-0.25, -0.2) is 0 Å². The van der Waals surface area contributed by atoms with Crippen LogP contribution >= 0.6 is 0 Å². The monoisotopic (exact) mass is 216 g/mol. The number of hydrogen-bond donors (Lipinski definition) is 2. The van der Waals surface area contributed by atoms with Gasteiger partial charge in [-0.3, -0.25) is 0 Å². The maximum Gasteiger partial charge on any atom is 0.0378 e. The Bertz CT molecular complexity index is 360. The van der Waals surface area contributed by atoms with E-state index in [1.807, 2.05) is 0 Å². The van der Waals surface area contributed by atoms with Crippen LogP contribution in [-0.4, -0.2) is 12.6 Å². The van der Waals surface area contributed by atoms with Crippen molar-refractivity contribution >= 4 is 5.69 Å². The third-order valence-corrected chi connectivity index (χ3v) is 3.37. The normalized spacial score (nSPS) is 22.3. The van der Waals surface area contributed by atoms with Crippen LogP contribution in [0.15, 0.2) is 37.0 Å². The van der Waals surface area contributed by atoms with Gasteiger partial charge in [0.05, 0.1) is 0 Å². The third-order valence-electron chi connectivity index (χ3n) is 3.37. The average molecular weight is 216 g/mol. The molecule has 0 radical (unpaired) electrons. The Morgan fingerprint density at radius 3 is 3.00 bits per heavy atom. The first-order valence-electron chi connectivity index (χ1n) is 6.06. The van der Waals surface area contributed by atoms with E-state index in [9.17, 15) is 0 Å². The molecule has 1 aromatic carbocycles. The second-order valence-electron chi connectivity index (χ2n) is 4.30. The predicted octanol–water partition coefficient (Wildman–Crippen LogP) is 3.10. The Balaban J connectivity index is 2.10. The van der Waals surface area contributed by atoms with Crippen molar-refractivity contribution in [2.24, 2.45) is 0 Å². The van der Waals surface area contributed by atoms with Crippen LogP contribution in [-0.2, 0) is 0 Å². The van der Waals surface area contributed by atoms with Crippen molar-refractivity contribution < 1.29 is 0 Å². The molecule has 0 spiro atoms. The van der Waals surface area contributed by atoms with Crippen LogP contribution in [0.2, 0.25) is 0 Å². The van der Waals surface area contributed by atoms with E-state index in [4.69, 9.17) is 0 Å². The minimum Gasteiger partial charge on any atom is -0.391 e. The summed E-state index contributed by atoms with van der Waals surface area (Å²) in [6, 6.07) is 9.24. The van der Waals surface area contributed by atoms with Gasteiger partial charge in [0.25, 0.3) is 0 Å². The molecular weight excluding hydrogens is 196 g/mol. The zero-order chi connectivity index (χ0) is 11.4. The minimum atomic E-state index is 0.587. The van der Waals surface area contributed by atoms with Crippen LogP contribution in [0.5, 0.6) is 0 Å². The molecule has 2 N–H and O–H groups in total. The first kappa shape index (κ1) is 11.1. The average Bonchev–Trinajstić information content (AvgIpc) is 2.68. The van der Waals surface area contributed by atoms with Gasteiger partial charge in [0.2, 0.25) is 0 Å². The van der Waals surface area contributed by atoms with Crippen LogP contribution in [0.3, 0.4) is 0 Å². The fourth-order valence-electron chi connectivity index (χ4n) is 2.55. The Morgan fingerprint density at radius 1 is 1.44 bits per heavy atom. The summed E-state index contributed by atoms with van der Waals surface area (Å²) in [5, 5.41) is 6.79. The van der Waals surface area contributed by atoms with E-state index in [1.54, 1.807) is 6.20 Å². The largest absolute Gasteiger partial charge is 0.391 e. The van der Waals surface area contributed by atoms with Crippen molar-refractivity contribution in [2.75, 3.05) is 11.9 Å². The van der Waals surface area contributed by atoms with Crippen LogP contribution in [0, 0.1) is 0 Å². The van der Waals surface area contributed by atoms with Crippen molar-refractivity contribution in [1.29, 1.82) is 0 Å². The van der Waals surface area contributed by atoms with Crippen LogP contribution in [0.25, 0.3) is 0 Å². The summed E-state index contributed by atoms with van der Waals surface area (Å²) in [6.07, 6.45) is 4.11. The Hall–Kier alpha value is -1.44. The molecule has 0 saturated carbocycles. The molecule has 0 fully saturated rings. The van der Waals surface area contributed by atoms with Crippen LogP contribution in [0.4, 0.5) is 5.69 Å². The summed E-state index contributed by atoms with van der Waals surface area (Å²) in [7, 11) is 0. The molecule has 0 saturated heterocycles. The van der Waals surface area contributed by atoms with Crippen LogP contribution in [0.1, 0.15) is 31.2 Å². The summed E-state index contributed by atoms with van der Waals surface area (Å²) in [6.45, 7) is 6.93. The molecule has 0 bridgehead atoms. The topological polar surface area (TPSA) is 24.1 Å². The van der Waals surface area contributed by atoms with Crippen molar-refractivity contribution in [1.82, 2.24) is 5.32 Å². The molecule has 2 heteroatoms. The molecule has 1 aromatic rings. The van der Waals surface area contributed by atoms with Gasteiger partial charge in [0, 0.05) is 24.2 Å². The zero-order valence-corrected chi connectivity index (χ0v) is 9.87. The minimum absolute atomic E-state index is 0.587. The maximum atomic E-state index is 3.68. The fraction of sp³-hybridized carbons (Fsp3) is 0.429. The molecule has 0 amide bonds. The number of fused-ring (bicyclic) bond motifs is 1. The Kier molecular flexibility index (Phi) is 3.50. The molecule has 2 atom stereocenters. The van der Waals surface area contributed by atoms with Crippen molar-refractivity contribution in [2.45, 2.75) is 31.7 Å². The summed E-state index contributed by atoms with van der Waals surface area (Å²) in [4.78, 5) is 0. The summed E-state index contributed by atoms with van der Waals surface area (Å²) in [5.74, 6) is 0.633. The number of rotatable bonds is 5. The van der Waals surface area contributed by atoms with Crippen molar-refractivity contribution in [3.63, 3.8) is 0 Å². The highest BCUT2D eigenvalue weighted by Gasteiger charge is 2.29. The van der Waals surface area contributed by atoms with E-state index in [1.165, 1.54) is 17.7 Å². The lowest BCUT2D eigenvalue weighted by Gasteiger charge is -2.18. The number of benzene rings is 1. The van der Waals surface area contributed by atoms with E-state index in [2.05, 4.69) is 48.4 Å². The van der Waals surface area contributed by atoms with Crippen LogP contribution < -0.4 is 10.6 Å². The maximum absolute atomic E-state index is 3.68. The number of para-hydroxylation sites is 1. The first-order valence-corrected chi connectivity index (χ1v) is 6.06. The number of anilines is 1. The lowest BCUT2D eigenvalue weighted by Crippen LogP contribution is -2.22. The molecule has 0 aromatic heterocycles. The molecular formula is C14H20N2. The SMILES string of the molecule is C=CNCCC1c2ccccc2NC1CC. The summed E-state index contributed by atoms with van der Waals surface area (Å²) < 4.78 is 0. The first-order chi connectivity index (χ1) is 7.86. The van der Waals surface area contributed by atoms with Gasteiger partial charge < -0.3 is 10.6 Å². The molecule has 1 aliphatic heterocycles. The van der Waals surface area contributed by atoms with Gasteiger partial charge in [-0.1, -0.05) is 31.7 Å². The standard InChI is InChI=1S/C14H20N2/c1-3-13-12(9-10-15-4-2)11-7-5-6-8-14(11)16-13/h4-8,12-13,15-16H,2-3,9-10H2,1H3. The van der Waals surface area contributed by atoms with Gasteiger partial charge in [0.1, 0.15) is 0 Å². The number of nitrogens with one attached hydrogen (secondary N) is 2. The van der Waals surface area contributed by atoms with E-state index in [0.29, 0.717) is 12.0 Å². The molecule has 2 rings (SSSR count). The summed E-state index contributed by atoms with van der Waals surface area (Å²) in [5.41, 5.74) is 2.79.